The van der Waals surface area contributed by atoms with Crippen LogP contribution in [0.15, 0.2) is 18.2 Å². The van der Waals surface area contributed by atoms with Gasteiger partial charge in [0.2, 0.25) is 0 Å². The number of nitrogens with two attached hydrogens (primary N) is 1. The smallest absolute Gasteiger partial charge is 0.140 e. The van der Waals surface area contributed by atoms with Gasteiger partial charge in [0, 0.05) is 6.61 Å². The van der Waals surface area contributed by atoms with Crippen LogP contribution in [-0.2, 0) is 11.3 Å². The molecule has 0 fully saturated rings. The highest BCUT2D eigenvalue weighted by Crippen LogP contribution is 2.03. The molecule has 0 saturated carbocycles. The van der Waals surface area contributed by atoms with Gasteiger partial charge in [0.15, 0.2) is 0 Å². The summed E-state index contributed by atoms with van der Waals surface area (Å²) in [6, 6.07) is 5.59. The average Bonchev–Trinajstić information content (AvgIpc) is 2.15. The van der Waals surface area contributed by atoms with Gasteiger partial charge in [0.25, 0.3) is 0 Å². The fraction of sp³-hybridized carbons (Fsp3) is 0.375. The highest BCUT2D eigenvalue weighted by molar-refractivity contribution is 5.33. The van der Waals surface area contributed by atoms with E-state index < -0.39 is 0 Å². The molecule has 4 nitrogen and oxygen atoms in total. The van der Waals surface area contributed by atoms with Crippen LogP contribution in [0.1, 0.15) is 12.6 Å². The summed E-state index contributed by atoms with van der Waals surface area (Å²) in [6.45, 7) is 3.18. The van der Waals surface area contributed by atoms with Gasteiger partial charge in [-0.2, -0.15) is 0 Å². The molecule has 0 aromatic carbocycles. The molecule has 0 unspecified atom stereocenters. The van der Waals surface area contributed by atoms with Gasteiger partial charge in [-0.25, -0.2) is 10.8 Å². The summed E-state index contributed by atoms with van der Waals surface area (Å²) in [5.74, 6) is 5.85. The van der Waals surface area contributed by atoms with E-state index in [1.165, 1.54) is 0 Å². The molecular formula is C8H13N3O. The van der Waals surface area contributed by atoms with Crippen LogP contribution in [0.4, 0.5) is 5.82 Å². The van der Waals surface area contributed by atoms with Gasteiger partial charge >= 0.3 is 0 Å². The number of nitrogens with one attached hydrogen (secondary N) is 1. The number of hydrazine groups is 1. The maximum Gasteiger partial charge on any atom is 0.140 e. The first kappa shape index (κ1) is 8.96. The van der Waals surface area contributed by atoms with E-state index in [0.29, 0.717) is 19.0 Å². The summed E-state index contributed by atoms with van der Waals surface area (Å²) in [4.78, 5) is 4.17. The Morgan fingerprint density at radius 3 is 3.08 bits per heavy atom. The Morgan fingerprint density at radius 2 is 2.42 bits per heavy atom. The molecule has 0 aliphatic rings. The first-order valence-electron chi connectivity index (χ1n) is 3.87. The molecule has 4 heteroatoms. The van der Waals surface area contributed by atoms with E-state index in [-0.39, 0.29) is 0 Å². The van der Waals surface area contributed by atoms with Crippen LogP contribution < -0.4 is 11.3 Å². The second-order valence-electron chi connectivity index (χ2n) is 2.30. The number of pyridine rings is 1. The van der Waals surface area contributed by atoms with Gasteiger partial charge in [-0.3, -0.25) is 0 Å². The lowest BCUT2D eigenvalue weighted by atomic mass is 10.3. The molecule has 0 radical (unpaired) electrons. The van der Waals surface area contributed by atoms with E-state index in [4.69, 9.17) is 10.6 Å². The lowest BCUT2D eigenvalue weighted by Crippen LogP contribution is -2.09. The topological polar surface area (TPSA) is 60.2 Å². The van der Waals surface area contributed by atoms with Crippen LogP contribution in [0.3, 0.4) is 0 Å². The van der Waals surface area contributed by atoms with Gasteiger partial charge in [0.05, 0.1) is 12.3 Å². The highest BCUT2D eigenvalue weighted by Gasteiger charge is 1.94. The van der Waals surface area contributed by atoms with Crippen molar-refractivity contribution in [2.45, 2.75) is 13.5 Å². The molecule has 3 N–H and O–H groups in total. The minimum absolute atomic E-state index is 0.534. The average molecular weight is 167 g/mol. The predicted octanol–water partition coefficient (Wildman–Crippen LogP) is 0.904. The van der Waals surface area contributed by atoms with E-state index in [1.54, 1.807) is 6.07 Å². The number of nitrogen functional groups attached to an aromatic ring is 1. The van der Waals surface area contributed by atoms with Gasteiger partial charge in [0.1, 0.15) is 5.82 Å². The summed E-state index contributed by atoms with van der Waals surface area (Å²) in [6.07, 6.45) is 0. The molecule has 0 aliphatic carbocycles. The maximum atomic E-state index is 5.19. The molecule has 0 spiro atoms. The monoisotopic (exact) mass is 167 g/mol. The van der Waals surface area contributed by atoms with Crippen molar-refractivity contribution in [3.8, 4) is 0 Å². The highest BCUT2D eigenvalue weighted by atomic mass is 16.5. The van der Waals surface area contributed by atoms with Crippen LogP contribution in [0, 0.1) is 0 Å². The van der Waals surface area contributed by atoms with E-state index >= 15 is 0 Å². The zero-order valence-electron chi connectivity index (χ0n) is 7.08. The van der Waals surface area contributed by atoms with Crippen LogP contribution in [0.5, 0.6) is 0 Å². The third-order valence-corrected chi connectivity index (χ3v) is 1.41. The van der Waals surface area contributed by atoms with Crippen molar-refractivity contribution >= 4 is 5.82 Å². The molecule has 1 heterocycles. The van der Waals surface area contributed by atoms with Gasteiger partial charge in [-0.1, -0.05) is 6.07 Å². The van der Waals surface area contributed by atoms with Crippen LogP contribution in [0.2, 0.25) is 0 Å². The van der Waals surface area contributed by atoms with Crippen LogP contribution in [0.25, 0.3) is 0 Å². The number of anilines is 1. The van der Waals surface area contributed by atoms with Crippen molar-refractivity contribution in [2.75, 3.05) is 12.0 Å². The molecule has 1 rings (SSSR count). The number of nitrogens with zero attached hydrogens (tertiary/aromatic N) is 1. The maximum absolute atomic E-state index is 5.19. The second-order valence-corrected chi connectivity index (χ2v) is 2.30. The third-order valence-electron chi connectivity index (χ3n) is 1.41. The molecule has 0 saturated heterocycles. The Labute approximate surface area is 71.7 Å². The molecule has 12 heavy (non-hydrogen) atoms. The number of hydrogen-bond acceptors (Lipinski definition) is 4. The lowest BCUT2D eigenvalue weighted by Gasteiger charge is -2.02. The zero-order chi connectivity index (χ0) is 8.81. The Morgan fingerprint density at radius 1 is 1.58 bits per heavy atom. The van der Waals surface area contributed by atoms with Crippen molar-refractivity contribution in [3.05, 3.63) is 23.9 Å². The van der Waals surface area contributed by atoms with E-state index in [9.17, 15) is 0 Å². The van der Waals surface area contributed by atoms with Gasteiger partial charge in [-0.05, 0) is 19.1 Å². The van der Waals surface area contributed by atoms with Gasteiger partial charge in [-0.15, -0.1) is 0 Å². The molecule has 0 amide bonds. The van der Waals surface area contributed by atoms with Crippen LogP contribution in [-0.4, -0.2) is 11.6 Å². The molecular weight excluding hydrogens is 154 g/mol. The minimum atomic E-state index is 0.534. The predicted molar refractivity (Wildman–Crippen MR) is 47.4 cm³/mol. The SMILES string of the molecule is CCOCc1cccc(NN)n1. The Kier molecular flexibility index (Phi) is 3.50. The summed E-state index contributed by atoms with van der Waals surface area (Å²) in [7, 11) is 0. The first-order chi connectivity index (χ1) is 5.86. The van der Waals surface area contributed by atoms with Crippen molar-refractivity contribution in [1.29, 1.82) is 0 Å². The fourth-order valence-corrected chi connectivity index (χ4v) is 0.847. The largest absolute Gasteiger partial charge is 0.375 e. The van der Waals surface area contributed by atoms with Crippen molar-refractivity contribution in [2.24, 2.45) is 5.84 Å². The summed E-state index contributed by atoms with van der Waals surface area (Å²) in [5.41, 5.74) is 3.36. The summed E-state index contributed by atoms with van der Waals surface area (Å²) in [5, 5.41) is 0. The lowest BCUT2D eigenvalue weighted by molar-refractivity contribution is 0.131. The Balaban J connectivity index is 2.60. The molecule has 66 valence electrons. The van der Waals surface area contributed by atoms with Crippen molar-refractivity contribution in [1.82, 2.24) is 4.98 Å². The zero-order valence-corrected chi connectivity index (χ0v) is 7.08. The van der Waals surface area contributed by atoms with E-state index in [2.05, 4.69) is 10.4 Å². The van der Waals surface area contributed by atoms with E-state index in [0.717, 1.165) is 5.69 Å². The Bertz CT molecular complexity index is 239. The Hall–Kier alpha value is -1.13. The van der Waals surface area contributed by atoms with E-state index in [1.807, 2.05) is 19.1 Å². The van der Waals surface area contributed by atoms with Crippen molar-refractivity contribution in [3.63, 3.8) is 0 Å². The summed E-state index contributed by atoms with van der Waals surface area (Å²) >= 11 is 0. The molecule has 0 atom stereocenters. The normalized spacial score (nSPS) is 9.83. The number of rotatable bonds is 4. The first-order valence-corrected chi connectivity index (χ1v) is 3.87. The van der Waals surface area contributed by atoms with Gasteiger partial charge < -0.3 is 10.2 Å². The second kappa shape index (κ2) is 4.69. The molecule has 1 aromatic heterocycles. The molecule has 0 bridgehead atoms. The summed E-state index contributed by atoms with van der Waals surface area (Å²) < 4.78 is 5.19. The third kappa shape index (κ3) is 2.48. The fourth-order valence-electron chi connectivity index (χ4n) is 0.847. The molecule has 0 aliphatic heterocycles. The number of ether oxygens (including phenoxy) is 1. The number of aromatic nitrogens is 1. The number of hydrogen-bond donors (Lipinski definition) is 2. The minimum Gasteiger partial charge on any atom is -0.375 e. The van der Waals surface area contributed by atoms with Crippen molar-refractivity contribution < 1.29 is 4.74 Å². The van der Waals surface area contributed by atoms with Crippen LogP contribution >= 0.6 is 0 Å². The molecule has 1 aromatic rings. The standard InChI is InChI=1S/C8H13N3O/c1-2-12-6-7-4-3-5-8(10-7)11-9/h3-5H,2,6,9H2,1H3,(H,10,11). The quantitative estimate of drug-likeness (QED) is 0.516.